The van der Waals surface area contributed by atoms with E-state index in [0.29, 0.717) is 17.7 Å². The number of hydrogen-bond acceptors (Lipinski definition) is 4. The molecule has 1 atom stereocenters. The number of carbonyl (C=O) groups is 1. The monoisotopic (exact) mass is 196 g/mol. The largest absolute Gasteiger partial charge is 0.508 e. The number of aliphatic hydroxyl groups excluding tert-OH is 1. The second kappa shape index (κ2) is 4.59. The van der Waals surface area contributed by atoms with E-state index < -0.39 is 6.10 Å². The summed E-state index contributed by atoms with van der Waals surface area (Å²) in [6.45, 7) is 0.0595. The van der Waals surface area contributed by atoms with Crippen molar-refractivity contribution in [2.24, 2.45) is 5.73 Å². The maximum atomic E-state index is 10.2. The first-order chi connectivity index (χ1) is 6.67. The summed E-state index contributed by atoms with van der Waals surface area (Å²) in [7, 11) is 0. The normalized spacial score (nSPS) is 12.1. The molecule has 0 aliphatic heterocycles. The van der Waals surface area contributed by atoms with Crippen molar-refractivity contribution in [3.8, 4) is 5.75 Å². The van der Waals surface area contributed by atoms with Crippen molar-refractivity contribution in [1.82, 2.24) is 0 Å². The second-order valence-corrected chi connectivity index (χ2v) is 2.83. The van der Waals surface area contributed by atoms with E-state index in [0.717, 1.165) is 0 Å². The van der Waals surface area contributed by atoms with Gasteiger partial charge in [-0.15, -0.1) is 0 Å². The molecule has 0 spiro atoms. The lowest BCUT2D eigenvalue weighted by Gasteiger charge is -2.10. The smallest absolute Gasteiger partial charge is 0.211 e. The molecule has 1 rings (SSSR count). The molecule has 1 amide bonds. The van der Waals surface area contributed by atoms with Gasteiger partial charge < -0.3 is 21.3 Å². The highest BCUT2D eigenvalue weighted by Crippen LogP contribution is 2.23. The van der Waals surface area contributed by atoms with Gasteiger partial charge in [0.25, 0.3) is 0 Å². The lowest BCUT2D eigenvalue weighted by atomic mass is 10.1. The second-order valence-electron chi connectivity index (χ2n) is 2.83. The number of carbonyl (C=O) groups excluding carboxylic acids is 1. The first kappa shape index (κ1) is 10.5. The van der Waals surface area contributed by atoms with Crippen LogP contribution in [-0.4, -0.2) is 23.2 Å². The van der Waals surface area contributed by atoms with Gasteiger partial charge in [-0.1, -0.05) is 0 Å². The molecule has 14 heavy (non-hydrogen) atoms. The van der Waals surface area contributed by atoms with Crippen molar-refractivity contribution in [3.05, 3.63) is 23.8 Å². The molecule has 0 unspecified atom stereocenters. The molecule has 0 radical (unpaired) electrons. The fraction of sp³-hybridized carbons (Fsp3) is 0.222. The lowest BCUT2D eigenvalue weighted by Crippen LogP contribution is -2.11. The fourth-order valence-electron chi connectivity index (χ4n) is 1.11. The molecule has 0 heterocycles. The molecule has 5 nitrogen and oxygen atoms in total. The van der Waals surface area contributed by atoms with Gasteiger partial charge in [-0.2, -0.15) is 0 Å². The van der Waals surface area contributed by atoms with Gasteiger partial charge in [-0.05, 0) is 17.7 Å². The van der Waals surface area contributed by atoms with E-state index >= 15 is 0 Å². The summed E-state index contributed by atoms with van der Waals surface area (Å²) in [6, 6.07) is 4.32. The van der Waals surface area contributed by atoms with Crippen LogP contribution in [0.1, 0.15) is 11.7 Å². The Hall–Kier alpha value is -1.59. The highest BCUT2D eigenvalue weighted by molar-refractivity contribution is 5.72. The van der Waals surface area contributed by atoms with Crippen molar-refractivity contribution in [2.75, 3.05) is 11.9 Å². The number of hydrogen-bond donors (Lipinski definition) is 4. The zero-order valence-corrected chi connectivity index (χ0v) is 7.47. The summed E-state index contributed by atoms with van der Waals surface area (Å²) >= 11 is 0. The average molecular weight is 196 g/mol. The van der Waals surface area contributed by atoms with Gasteiger partial charge in [0.15, 0.2) is 0 Å². The quantitative estimate of drug-likeness (QED) is 0.508. The molecule has 5 N–H and O–H groups in total. The Labute approximate surface area is 81.2 Å². The van der Waals surface area contributed by atoms with Gasteiger partial charge >= 0.3 is 0 Å². The molecule has 0 aliphatic carbocycles. The minimum absolute atomic E-state index is 0.0284. The molecular formula is C9H12N2O3. The van der Waals surface area contributed by atoms with Crippen molar-refractivity contribution in [3.63, 3.8) is 0 Å². The zero-order valence-electron chi connectivity index (χ0n) is 7.47. The number of phenolic OH excluding ortho intramolecular Hbond substituents is 1. The van der Waals surface area contributed by atoms with Crippen LogP contribution in [0.3, 0.4) is 0 Å². The molecule has 1 aromatic carbocycles. The van der Waals surface area contributed by atoms with E-state index in [2.05, 4.69) is 5.32 Å². The van der Waals surface area contributed by atoms with Crippen LogP contribution in [0.15, 0.2) is 18.2 Å². The average Bonchev–Trinajstić information content (AvgIpc) is 2.16. The van der Waals surface area contributed by atoms with Crippen LogP contribution in [-0.2, 0) is 4.79 Å². The van der Waals surface area contributed by atoms with Crippen LogP contribution in [0, 0.1) is 0 Å². The zero-order chi connectivity index (χ0) is 10.6. The van der Waals surface area contributed by atoms with Crippen LogP contribution in [0.2, 0.25) is 0 Å². The Morgan fingerprint density at radius 2 is 2.21 bits per heavy atom. The van der Waals surface area contributed by atoms with Crippen molar-refractivity contribution in [2.45, 2.75) is 6.10 Å². The molecule has 0 saturated carbocycles. The number of phenols is 1. The van der Waals surface area contributed by atoms with E-state index in [-0.39, 0.29) is 12.3 Å². The SMILES string of the molecule is NC[C@H](O)c1cc(O)cc(NC=O)c1. The summed E-state index contributed by atoms with van der Waals surface area (Å²) in [6.07, 6.45) is -0.345. The third-order valence-corrected chi connectivity index (χ3v) is 1.77. The standard InChI is InChI=1S/C9H12N2O3/c10-4-9(14)6-1-7(11-5-12)3-8(13)2-6/h1-3,5,9,13-14H,4,10H2,(H,11,12)/t9-/m0/s1. The number of benzene rings is 1. The number of rotatable bonds is 4. The van der Waals surface area contributed by atoms with Gasteiger partial charge in [0, 0.05) is 18.3 Å². The molecular weight excluding hydrogens is 184 g/mol. The molecule has 0 aliphatic rings. The summed E-state index contributed by atoms with van der Waals surface area (Å²) in [5.74, 6) is -0.0284. The molecule has 76 valence electrons. The van der Waals surface area contributed by atoms with E-state index in [4.69, 9.17) is 5.73 Å². The van der Waals surface area contributed by atoms with Crippen LogP contribution in [0.5, 0.6) is 5.75 Å². The Morgan fingerprint density at radius 1 is 1.50 bits per heavy atom. The topological polar surface area (TPSA) is 95.6 Å². The molecule has 0 saturated heterocycles. The molecule has 0 bridgehead atoms. The third kappa shape index (κ3) is 2.45. The van der Waals surface area contributed by atoms with E-state index in [1.165, 1.54) is 12.1 Å². The Bertz CT molecular complexity index is 328. The van der Waals surface area contributed by atoms with E-state index in [1.807, 2.05) is 0 Å². The van der Waals surface area contributed by atoms with Gasteiger partial charge in [0.1, 0.15) is 5.75 Å². The first-order valence-electron chi connectivity index (χ1n) is 4.09. The van der Waals surface area contributed by atoms with Crippen LogP contribution < -0.4 is 11.1 Å². The maximum Gasteiger partial charge on any atom is 0.211 e. The van der Waals surface area contributed by atoms with E-state index in [9.17, 15) is 15.0 Å². The highest BCUT2D eigenvalue weighted by atomic mass is 16.3. The van der Waals surface area contributed by atoms with Crippen LogP contribution in [0.4, 0.5) is 5.69 Å². The van der Waals surface area contributed by atoms with Gasteiger partial charge in [0.2, 0.25) is 6.41 Å². The van der Waals surface area contributed by atoms with Crippen molar-refractivity contribution in [1.29, 1.82) is 0 Å². The van der Waals surface area contributed by atoms with Crippen LogP contribution in [0.25, 0.3) is 0 Å². The summed E-state index contributed by atoms with van der Waals surface area (Å²) in [5, 5.41) is 21.0. The summed E-state index contributed by atoms with van der Waals surface area (Å²) in [4.78, 5) is 10.2. The Morgan fingerprint density at radius 3 is 2.79 bits per heavy atom. The van der Waals surface area contributed by atoms with Crippen molar-refractivity contribution < 1.29 is 15.0 Å². The molecule has 0 aromatic heterocycles. The Kier molecular flexibility index (Phi) is 3.44. The number of anilines is 1. The summed E-state index contributed by atoms with van der Waals surface area (Å²) < 4.78 is 0. The van der Waals surface area contributed by atoms with Gasteiger partial charge in [0.05, 0.1) is 6.10 Å². The summed E-state index contributed by atoms with van der Waals surface area (Å²) in [5.41, 5.74) is 6.14. The number of aromatic hydroxyl groups is 1. The minimum Gasteiger partial charge on any atom is -0.508 e. The van der Waals surface area contributed by atoms with Crippen LogP contribution >= 0.6 is 0 Å². The van der Waals surface area contributed by atoms with Gasteiger partial charge in [-0.25, -0.2) is 0 Å². The number of nitrogens with one attached hydrogen (secondary N) is 1. The van der Waals surface area contributed by atoms with E-state index in [1.54, 1.807) is 6.07 Å². The predicted octanol–water partition coefficient (Wildman–Crippen LogP) is -0.0474. The number of nitrogens with two attached hydrogens (primary N) is 1. The first-order valence-corrected chi connectivity index (χ1v) is 4.09. The molecule has 1 aromatic rings. The highest BCUT2D eigenvalue weighted by Gasteiger charge is 2.07. The minimum atomic E-state index is -0.839. The number of amides is 1. The maximum absolute atomic E-state index is 10.2. The fourth-order valence-corrected chi connectivity index (χ4v) is 1.11. The number of aliphatic hydroxyl groups is 1. The van der Waals surface area contributed by atoms with Gasteiger partial charge in [-0.3, -0.25) is 4.79 Å². The Balaban J connectivity index is 3.00. The molecule has 5 heteroatoms. The van der Waals surface area contributed by atoms with Crippen molar-refractivity contribution >= 4 is 12.1 Å². The molecule has 0 fully saturated rings. The third-order valence-electron chi connectivity index (χ3n) is 1.77. The predicted molar refractivity (Wildman–Crippen MR) is 51.8 cm³/mol. The lowest BCUT2D eigenvalue weighted by molar-refractivity contribution is -0.105.